The van der Waals surface area contributed by atoms with Crippen LogP contribution in [0.1, 0.15) is 13.3 Å². The van der Waals surface area contributed by atoms with Crippen molar-refractivity contribution < 1.29 is 14.3 Å². The molecule has 0 radical (unpaired) electrons. The standard InChI is InChI=1S/C11H22N2O3/c1-11(4-5-12-8-11)10(14)13-6-9(16-3)7-15-2/h9,12H,4-8H2,1-3H3,(H,13,14). The zero-order chi connectivity index (χ0) is 12.0. The van der Waals surface area contributed by atoms with E-state index in [1.54, 1.807) is 14.2 Å². The van der Waals surface area contributed by atoms with Gasteiger partial charge in [0.2, 0.25) is 5.91 Å². The summed E-state index contributed by atoms with van der Waals surface area (Å²) in [4.78, 5) is 11.9. The summed E-state index contributed by atoms with van der Waals surface area (Å²) >= 11 is 0. The van der Waals surface area contributed by atoms with Crippen molar-refractivity contribution in [1.29, 1.82) is 0 Å². The summed E-state index contributed by atoms with van der Waals surface area (Å²) in [6.07, 6.45) is 0.813. The van der Waals surface area contributed by atoms with Gasteiger partial charge in [-0.2, -0.15) is 0 Å². The molecule has 0 aliphatic carbocycles. The van der Waals surface area contributed by atoms with Crippen LogP contribution < -0.4 is 10.6 Å². The van der Waals surface area contributed by atoms with Gasteiger partial charge in [0, 0.05) is 27.3 Å². The number of rotatable bonds is 6. The Balaban J connectivity index is 2.33. The van der Waals surface area contributed by atoms with Gasteiger partial charge in [0.1, 0.15) is 0 Å². The molecule has 1 saturated heterocycles. The molecule has 2 atom stereocenters. The quantitative estimate of drug-likeness (QED) is 0.661. The summed E-state index contributed by atoms with van der Waals surface area (Å²) < 4.78 is 10.2. The molecular formula is C11H22N2O3. The Kier molecular flexibility index (Phi) is 5.18. The van der Waals surface area contributed by atoms with Gasteiger partial charge < -0.3 is 20.1 Å². The normalized spacial score (nSPS) is 26.7. The number of nitrogens with one attached hydrogen (secondary N) is 2. The molecule has 1 heterocycles. The first-order chi connectivity index (χ1) is 7.62. The molecule has 0 aromatic rings. The minimum absolute atomic E-state index is 0.0769. The number of ether oxygens (including phenoxy) is 2. The maximum absolute atomic E-state index is 11.9. The molecule has 0 spiro atoms. The Morgan fingerprint density at radius 2 is 2.31 bits per heavy atom. The van der Waals surface area contributed by atoms with E-state index in [4.69, 9.17) is 9.47 Å². The Labute approximate surface area is 96.9 Å². The van der Waals surface area contributed by atoms with Gasteiger partial charge in [0.25, 0.3) is 0 Å². The van der Waals surface area contributed by atoms with E-state index in [2.05, 4.69) is 10.6 Å². The number of hydrogen-bond donors (Lipinski definition) is 2. The van der Waals surface area contributed by atoms with Gasteiger partial charge in [-0.15, -0.1) is 0 Å². The molecule has 0 aromatic heterocycles. The molecule has 5 heteroatoms. The summed E-state index contributed by atoms with van der Waals surface area (Å²) in [5.74, 6) is 0.0932. The number of amides is 1. The molecule has 0 saturated carbocycles. The monoisotopic (exact) mass is 230 g/mol. The van der Waals surface area contributed by atoms with Crippen LogP contribution in [-0.2, 0) is 14.3 Å². The minimum Gasteiger partial charge on any atom is -0.382 e. The molecule has 1 amide bonds. The van der Waals surface area contributed by atoms with E-state index in [0.29, 0.717) is 13.2 Å². The fraction of sp³-hybridized carbons (Fsp3) is 0.909. The molecule has 2 unspecified atom stereocenters. The first-order valence-corrected chi connectivity index (χ1v) is 5.63. The molecule has 5 nitrogen and oxygen atoms in total. The topological polar surface area (TPSA) is 59.6 Å². The molecular weight excluding hydrogens is 208 g/mol. The average molecular weight is 230 g/mol. The third kappa shape index (κ3) is 3.43. The molecule has 1 aliphatic rings. The number of hydrogen-bond acceptors (Lipinski definition) is 4. The third-order valence-electron chi connectivity index (χ3n) is 3.09. The van der Waals surface area contributed by atoms with Crippen LogP contribution in [0.15, 0.2) is 0 Å². The lowest BCUT2D eigenvalue weighted by molar-refractivity contribution is -0.130. The van der Waals surface area contributed by atoms with Crippen LogP contribution in [0.3, 0.4) is 0 Å². The van der Waals surface area contributed by atoms with Crippen molar-refractivity contribution in [1.82, 2.24) is 10.6 Å². The van der Waals surface area contributed by atoms with E-state index < -0.39 is 0 Å². The van der Waals surface area contributed by atoms with Crippen molar-refractivity contribution in [3.8, 4) is 0 Å². The Morgan fingerprint density at radius 1 is 1.56 bits per heavy atom. The Hall–Kier alpha value is -0.650. The lowest BCUT2D eigenvalue weighted by atomic mass is 9.89. The highest BCUT2D eigenvalue weighted by Gasteiger charge is 2.36. The SMILES string of the molecule is COCC(CNC(=O)C1(C)CCNC1)OC. The summed E-state index contributed by atoms with van der Waals surface area (Å²) in [6.45, 7) is 4.64. The van der Waals surface area contributed by atoms with Crippen molar-refractivity contribution in [2.75, 3.05) is 40.5 Å². The van der Waals surface area contributed by atoms with Crippen LogP contribution in [0, 0.1) is 5.41 Å². The molecule has 2 N–H and O–H groups in total. The minimum atomic E-state index is -0.272. The molecule has 0 bridgehead atoms. The predicted molar refractivity (Wildman–Crippen MR) is 61.3 cm³/mol. The van der Waals surface area contributed by atoms with Gasteiger partial charge >= 0.3 is 0 Å². The fourth-order valence-electron chi connectivity index (χ4n) is 1.83. The average Bonchev–Trinajstić information content (AvgIpc) is 2.72. The van der Waals surface area contributed by atoms with Gasteiger partial charge in [0.05, 0.1) is 18.1 Å². The lowest BCUT2D eigenvalue weighted by Gasteiger charge is -2.23. The fourth-order valence-corrected chi connectivity index (χ4v) is 1.83. The van der Waals surface area contributed by atoms with Gasteiger partial charge in [-0.1, -0.05) is 0 Å². The van der Waals surface area contributed by atoms with Gasteiger partial charge in [-0.25, -0.2) is 0 Å². The number of carbonyl (C=O) groups excluding carboxylic acids is 1. The number of methoxy groups -OCH3 is 2. The van der Waals surface area contributed by atoms with Crippen LogP contribution >= 0.6 is 0 Å². The zero-order valence-corrected chi connectivity index (χ0v) is 10.3. The molecule has 94 valence electrons. The molecule has 1 rings (SSSR count). The predicted octanol–water partition coefficient (Wildman–Crippen LogP) is -0.236. The van der Waals surface area contributed by atoms with Crippen LogP contribution in [0.25, 0.3) is 0 Å². The smallest absolute Gasteiger partial charge is 0.227 e. The second kappa shape index (κ2) is 6.18. The molecule has 1 fully saturated rings. The first-order valence-electron chi connectivity index (χ1n) is 5.63. The van der Waals surface area contributed by atoms with Crippen LogP contribution in [0.4, 0.5) is 0 Å². The second-order valence-electron chi connectivity index (χ2n) is 4.51. The summed E-state index contributed by atoms with van der Waals surface area (Å²) in [5, 5.41) is 6.12. The second-order valence-corrected chi connectivity index (χ2v) is 4.51. The van der Waals surface area contributed by atoms with E-state index in [-0.39, 0.29) is 17.4 Å². The van der Waals surface area contributed by atoms with E-state index in [9.17, 15) is 4.79 Å². The highest BCUT2D eigenvalue weighted by molar-refractivity contribution is 5.82. The number of carbonyl (C=O) groups is 1. The van der Waals surface area contributed by atoms with E-state index in [1.165, 1.54) is 0 Å². The molecule has 16 heavy (non-hydrogen) atoms. The maximum atomic E-state index is 11.9. The lowest BCUT2D eigenvalue weighted by Crippen LogP contribution is -2.44. The van der Waals surface area contributed by atoms with Crippen molar-refractivity contribution >= 4 is 5.91 Å². The zero-order valence-electron chi connectivity index (χ0n) is 10.3. The van der Waals surface area contributed by atoms with Gasteiger partial charge in [-0.05, 0) is 19.9 Å². The Morgan fingerprint density at radius 3 is 2.81 bits per heavy atom. The molecule has 0 aromatic carbocycles. The highest BCUT2D eigenvalue weighted by atomic mass is 16.5. The largest absolute Gasteiger partial charge is 0.382 e. The van der Waals surface area contributed by atoms with Crippen molar-refractivity contribution in [3.05, 3.63) is 0 Å². The molecule has 1 aliphatic heterocycles. The van der Waals surface area contributed by atoms with Gasteiger partial charge in [0.15, 0.2) is 0 Å². The third-order valence-corrected chi connectivity index (χ3v) is 3.09. The Bertz CT molecular complexity index is 227. The summed E-state index contributed by atoms with van der Waals surface area (Å²) in [5.41, 5.74) is -0.272. The summed E-state index contributed by atoms with van der Waals surface area (Å²) in [6, 6.07) is 0. The van der Waals surface area contributed by atoms with E-state index >= 15 is 0 Å². The van der Waals surface area contributed by atoms with Crippen molar-refractivity contribution in [3.63, 3.8) is 0 Å². The van der Waals surface area contributed by atoms with Crippen LogP contribution in [-0.4, -0.2) is 52.5 Å². The maximum Gasteiger partial charge on any atom is 0.227 e. The van der Waals surface area contributed by atoms with E-state index in [1.807, 2.05) is 6.92 Å². The summed E-state index contributed by atoms with van der Waals surface area (Å²) in [7, 11) is 3.24. The van der Waals surface area contributed by atoms with Gasteiger partial charge in [-0.3, -0.25) is 4.79 Å². The van der Waals surface area contributed by atoms with E-state index in [0.717, 1.165) is 19.5 Å². The van der Waals surface area contributed by atoms with Crippen molar-refractivity contribution in [2.24, 2.45) is 5.41 Å². The van der Waals surface area contributed by atoms with Crippen molar-refractivity contribution in [2.45, 2.75) is 19.4 Å². The van der Waals surface area contributed by atoms with Crippen LogP contribution in [0.2, 0.25) is 0 Å². The first kappa shape index (κ1) is 13.4. The van der Waals surface area contributed by atoms with Crippen LogP contribution in [0.5, 0.6) is 0 Å². The highest BCUT2D eigenvalue weighted by Crippen LogP contribution is 2.24.